The van der Waals surface area contributed by atoms with Crippen LogP contribution in [0.5, 0.6) is 0 Å². The predicted molar refractivity (Wildman–Crippen MR) is 52.4 cm³/mol. The van der Waals surface area contributed by atoms with Crippen molar-refractivity contribution < 1.29 is 14.6 Å². The number of ether oxygens (including phenoxy) is 1. The van der Waals surface area contributed by atoms with Crippen molar-refractivity contribution in [3.05, 3.63) is 0 Å². The lowest BCUT2D eigenvalue weighted by atomic mass is 10.2. The zero-order chi connectivity index (χ0) is 10.4. The lowest BCUT2D eigenvalue weighted by molar-refractivity contribution is -0.139. The third kappa shape index (κ3) is 3.61. The quantitative estimate of drug-likeness (QED) is 0.622. The number of carboxylic acid groups (broad SMARTS) is 1. The van der Waals surface area contributed by atoms with Gasteiger partial charge in [0.2, 0.25) is 0 Å². The van der Waals surface area contributed by atoms with E-state index < -0.39 is 12.0 Å². The first-order chi connectivity index (χ1) is 6.74. The van der Waals surface area contributed by atoms with Crippen molar-refractivity contribution in [2.45, 2.75) is 12.5 Å². The van der Waals surface area contributed by atoms with Crippen molar-refractivity contribution in [1.82, 2.24) is 10.2 Å². The lowest BCUT2D eigenvalue weighted by Gasteiger charge is -2.27. The van der Waals surface area contributed by atoms with Gasteiger partial charge in [0.15, 0.2) is 0 Å². The summed E-state index contributed by atoms with van der Waals surface area (Å²) >= 11 is 0. The third-order valence-electron chi connectivity index (χ3n) is 2.48. The molecule has 0 aromatic heterocycles. The first-order valence-electron chi connectivity index (χ1n) is 4.94. The summed E-state index contributed by atoms with van der Waals surface area (Å²) in [6.45, 7) is 4.17. The second kappa shape index (κ2) is 5.95. The van der Waals surface area contributed by atoms with E-state index in [9.17, 15) is 4.79 Å². The van der Waals surface area contributed by atoms with Gasteiger partial charge < -0.3 is 15.2 Å². The van der Waals surface area contributed by atoms with Gasteiger partial charge in [0.1, 0.15) is 6.04 Å². The Bertz CT molecular complexity index is 181. The van der Waals surface area contributed by atoms with E-state index in [4.69, 9.17) is 9.84 Å². The van der Waals surface area contributed by atoms with Gasteiger partial charge in [0, 0.05) is 19.6 Å². The van der Waals surface area contributed by atoms with Crippen LogP contribution in [0.4, 0.5) is 0 Å². The van der Waals surface area contributed by atoms with Crippen molar-refractivity contribution in [2.24, 2.45) is 0 Å². The van der Waals surface area contributed by atoms with Gasteiger partial charge in [-0.3, -0.25) is 9.69 Å². The Labute approximate surface area is 84.0 Å². The molecule has 14 heavy (non-hydrogen) atoms. The van der Waals surface area contributed by atoms with Gasteiger partial charge in [-0.1, -0.05) is 0 Å². The van der Waals surface area contributed by atoms with Gasteiger partial charge >= 0.3 is 5.97 Å². The molecule has 0 saturated carbocycles. The molecule has 1 unspecified atom stereocenters. The van der Waals surface area contributed by atoms with Gasteiger partial charge in [-0.15, -0.1) is 0 Å². The molecule has 1 aliphatic heterocycles. The largest absolute Gasteiger partial charge is 0.480 e. The van der Waals surface area contributed by atoms with Crippen molar-refractivity contribution in [1.29, 1.82) is 0 Å². The summed E-state index contributed by atoms with van der Waals surface area (Å²) in [4.78, 5) is 12.9. The summed E-state index contributed by atoms with van der Waals surface area (Å²) in [7, 11) is 1.68. The first-order valence-corrected chi connectivity index (χ1v) is 4.94. The Balaban J connectivity index is 2.20. The fourth-order valence-corrected chi connectivity index (χ4v) is 1.53. The maximum atomic E-state index is 10.7. The smallest absolute Gasteiger partial charge is 0.320 e. The molecule has 5 heteroatoms. The Kier molecular flexibility index (Phi) is 4.86. The van der Waals surface area contributed by atoms with Gasteiger partial charge in [-0.05, 0) is 13.5 Å². The van der Waals surface area contributed by atoms with Crippen LogP contribution in [0.1, 0.15) is 6.42 Å². The molecule has 1 rings (SSSR count). The van der Waals surface area contributed by atoms with E-state index >= 15 is 0 Å². The maximum absolute atomic E-state index is 10.7. The average molecular weight is 202 g/mol. The first kappa shape index (κ1) is 11.4. The van der Waals surface area contributed by atoms with Crippen molar-refractivity contribution in [3.8, 4) is 0 Å². The molecule has 0 aromatic carbocycles. The molecular formula is C9H18N2O3. The van der Waals surface area contributed by atoms with Crippen molar-refractivity contribution in [2.75, 3.05) is 39.9 Å². The van der Waals surface area contributed by atoms with E-state index in [1.165, 1.54) is 0 Å². The molecule has 0 spiro atoms. The second-order valence-corrected chi connectivity index (χ2v) is 3.42. The molecule has 1 heterocycles. The van der Waals surface area contributed by atoms with E-state index in [0.717, 1.165) is 32.8 Å². The van der Waals surface area contributed by atoms with Gasteiger partial charge in [-0.2, -0.15) is 0 Å². The molecule has 1 saturated heterocycles. The van der Waals surface area contributed by atoms with E-state index in [0.29, 0.717) is 6.42 Å². The summed E-state index contributed by atoms with van der Waals surface area (Å²) in [6.07, 6.45) is 0.645. The fraction of sp³-hybridized carbons (Fsp3) is 0.889. The Morgan fingerprint density at radius 3 is 2.71 bits per heavy atom. The number of rotatable bonds is 5. The van der Waals surface area contributed by atoms with Crippen LogP contribution in [0.25, 0.3) is 0 Å². The van der Waals surface area contributed by atoms with Gasteiger partial charge in [0.25, 0.3) is 0 Å². The molecule has 5 nitrogen and oxygen atoms in total. The topological polar surface area (TPSA) is 61.8 Å². The minimum Gasteiger partial charge on any atom is -0.480 e. The zero-order valence-corrected chi connectivity index (χ0v) is 8.53. The molecule has 0 aromatic rings. The second-order valence-electron chi connectivity index (χ2n) is 3.42. The molecule has 1 atom stereocenters. The number of morpholine rings is 1. The number of hydrogen-bond donors (Lipinski definition) is 2. The molecule has 2 N–H and O–H groups in total. The summed E-state index contributed by atoms with van der Waals surface area (Å²) in [5, 5.41) is 11.6. The van der Waals surface area contributed by atoms with Crippen LogP contribution in [0.2, 0.25) is 0 Å². The number of hydrogen-bond acceptors (Lipinski definition) is 4. The van der Waals surface area contributed by atoms with Gasteiger partial charge in [-0.25, -0.2) is 0 Å². The van der Waals surface area contributed by atoms with Crippen molar-refractivity contribution in [3.63, 3.8) is 0 Å². The summed E-state index contributed by atoms with van der Waals surface area (Å²) in [6, 6.07) is -0.433. The normalized spacial score (nSPS) is 20.6. The van der Waals surface area contributed by atoms with Crippen LogP contribution in [-0.2, 0) is 9.53 Å². The monoisotopic (exact) mass is 202 g/mol. The predicted octanol–water partition coefficient (Wildman–Crippen LogP) is -0.619. The number of carbonyl (C=O) groups is 1. The highest BCUT2D eigenvalue weighted by Crippen LogP contribution is 2.00. The number of aliphatic carboxylic acids is 1. The third-order valence-corrected chi connectivity index (χ3v) is 2.48. The molecule has 0 bridgehead atoms. The van der Waals surface area contributed by atoms with E-state index in [-0.39, 0.29) is 0 Å². The average Bonchev–Trinajstić information content (AvgIpc) is 2.20. The summed E-state index contributed by atoms with van der Waals surface area (Å²) < 4.78 is 5.21. The molecule has 0 aliphatic carbocycles. The Morgan fingerprint density at radius 1 is 1.57 bits per heavy atom. The summed E-state index contributed by atoms with van der Waals surface area (Å²) in [5.41, 5.74) is 0. The van der Waals surface area contributed by atoms with E-state index in [1.54, 1.807) is 7.05 Å². The highest BCUT2D eigenvalue weighted by Gasteiger charge is 2.17. The van der Waals surface area contributed by atoms with Crippen LogP contribution >= 0.6 is 0 Å². The van der Waals surface area contributed by atoms with Crippen LogP contribution in [0.15, 0.2) is 0 Å². The van der Waals surface area contributed by atoms with E-state index in [2.05, 4.69) is 10.2 Å². The van der Waals surface area contributed by atoms with Crippen molar-refractivity contribution >= 4 is 5.97 Å². The van der Waals surface area contributed by atoms with Crippen LogP contribution < -0.4 is 5.32 Å². The zero-order valence-electron chi connectivity index (χ0n) is 8.53. The highest BCUT2D eigenvalue weighted by molar-refractivity contribution is 5.73. The molecule has 1 fully saturated rings. The Morgan fingerprint density at radius 2 is 2.21 bits per heavy atom. The minimum absolute atomic E-state index is 0.433. The minimum atomic E-state index is -0.777. The van der Waals surface area contributed by atoms with Crippen LogP contribution in [0, 0.1) is 0 Å². The number of nitrogens with zero attached hydrogens (tertiary/aromatic N) is 1. The standard InChI is InChI=1S/C9H18N2O3/c1-10-8(9(12)13)2-3-11-4-6-14-7-5-11/h8,10H,2-7H2,1H3,(H,12,13). The number of nitrogens with one attached hydrogen (secondary N) is 1. The summed E-state index contributed by atoms with van der Waals surface area (Å²) in [5.74, 6) is -0.777. The maximum Gasteiger partial charge on any atom is 0.320 e. The molecule has 0 amide bonds. The van der Waals surface area contributed by atoms with Crippen LogP contribution in [0.3, 0.4) is 0 Å². The molecule has 1 aliphatic rings. The lowest BCUT2D eigenvalue weighted by Crippen LogP contribution is -2.41. The molecule has 0 radical (unpaired) electrons. The van der Waals surface area contributed by atoms with Gasteiger partial charge in [0.05, 0.1) is 13.2 Å². The van der Waals surface area contributed by atoms with Crippen LogP contribution in [-0.4, -0.2) is 61.9 Å². The van der Waals surface area contributed by atoms with E-state index in [1.807, 2.05) is 0 Å². The number of carboxylic acids is 1. The molecule has 82 valence electrons. The Hall–Kier alpha value is -0.650. The number of likely N-dealkylation sites (N-methyl/N-ethyl adjacent to an activating group) is 1. The SMILES string of the molecule is CNC(CCN1CCOCC1)C(=O)O. The fourth-order valence-electron chi connectivity index (χ4n) is 1.53. The highest BCUT2D eigenvalue weighted by atomic mass is 16.5. The molecular weight excluding hydrogens is 184 g/mol.